The van der Waals surface area contributed by atoms with Gasteiger partial charge in [0, 0.05) is 0 Å². The summed E-state index contributed by atoms with van der Waals surface area (Å²) in [5.74, 6) is 0.260. The van der Waals surface area contributed by atoms with Crippen molar-refractivity contribution in [3.63, 3.8) is 0 Å². The fraction of sp³-hybridized carbons (Fsp3) is 0. The summed E-state index contributed by atoms with van der Waals surface area (Å²) >= 11 is 0. The molecular formula is C5H6BNO4. The van der Waals surface area contributed by atoms with E-state index in [2.05, 4.69) is 5.16 Å². The molecule has 1 heterocycles. The van der Waals surface area contributed by atoms with Crippen molar-refractivity contribution in [3.05, 3.63) is 17.9 Å². The Morgan fingerprint density at radius 1 is 1.45 bits per heavy atom. The maximum absolute atomic E-state index is 8.56. The fourth-order valence-corrected chi connectivity index (χ4v) is 0.633. The largest absolute Gasteiger partial charge is 0.526 e. The number of oxime groups is 1. The molecule has 1 aromatic rings. The number of rotatable bonds is 2. The smallest absolute Gasteiger partial charge is 0.464 e. The first-order chi connectivity index (χ1) is 5.24. The molecule has 0 amide bonds. The van der Waals surface area contributed by atoms with Gasteiger partial charge in [0.1, 0.15) is 17.6 Å². The van der Waals surface area contributed by atoms with E-state index in [4.69, 9.17) is 19.7 Å². The first-order valence-electron chi connectivity index (χ1n) is 2.87. The van der Waals surface area contributed by atoms with E-state index in [9.17, 15) is 0 Å². The molecule has 0 spiro atoms. The standard InChI is InChI=1S/C5H6BNO4/c8-6(9)5-2-1-4(11-5)3-7-10/h1-3,8-10H. The van der Waals surface area contributed by atoms with Gasteiger partial charge in [0.05, 0.1) is 0 Å². The molecule has 0 fully saturated rings. The molecule has 1 aromatic heterocycles. The van der Waals surface area contributed by atoms with Gasteiger partial charge < -0.3 is 19.7 Å². The lowest BCUT2D eigenvalue weighted by atomic mass is 9.88. The normalized spacial score (nSPS) is 10.7. The Labute approximate surface area is 62.7 Å². The van der Waals surface area contributed by atoms with Crippen LogP contribution in [0.4, 0.5) is 0 Å². The van der Waals surface area contributed by atoms with Gasteiger partial charge in [-0.2, -0.15) is 0 Å². The van der Waals surface area contributed by atoms with E-state index in [-0.39, 0.29) is 11.4 Å². The molecule has 0 aliphatic heterocycles. The monoisotopic (exact) mass is 155 g/mol. The second-order valence-electron chi connectivity index (χ2n) is 1.86. The molecule has 6 heteroatoms. The van der Waals surface area contributed by atoms with Gasteiger partial charge in [-0.15, -0.1) is 0 Å². The lowest BCUT2D eigenvalue weighted by Crippen LogP contribution is -2.27. The van der Waals surface area contributed by atoms with Crippen LogP contribution in [0.5, 0.6) is 0 Å². The number of hydrogen-bond donors (Lipinski definition) is 3. The van der Waals surface area contributed by atoms with Gasteiger partial charge >= 0.3 is 7.12 Å². The molecule has 0 radical (unpaired) electrons. The SMILES string of the molecule is ON=Cc1ccc(B(O)O)o1. The van der Waals surface area contributed by atoms with E-state index in [1.165, 1.54) is 12.1 Å². The summed E-state index contributed by atoms with van der Waals surface area (Å²) in [6.45, 7) is 0. The average molecular weight is 155 g/mol. The van der Waals surface area contributed by atoms with Crippen LogP contribution in [0.3, 0.4) is 0 Å². The highest BCUT2D eigenvalue weighted by atomic mass is 16.4. The molecule has 0 unspecified atom stereocenters. The van der Waals surface area contributed by atoms with Crippen molar-refractivity contribution in [1.29, 1.82) is 0 Å². The quantitative estimate of drug-likeness (QED) is 0.216. The van der Waals surface area contributed by atoms with Crippen LogP contribution in [0.25, 0.3) is 0 Å². The highest BCUT2D eigenvalue weighted by molar-refractivity contribution is 6.57. The molecule has 0 bridgehead atoms. The topological polar surface area (TPSA) is 86.2 Å². The van der Waals surface area contributed by atoms with Crippen molar-refractivity contribution in [2.24, 2.45) is 5.16 Å². The van der Waals surface area contributed by atoms with Crippen LogP contribution in [-0.2, 0) is 0 Å². The Morgan fingerprint density at radius 2 is 2.18 bits per heavy atom. The lowest BCUT2D eigenvalue weighted by molar-refractivity contribution is 0.320. The highest BCUT2D eigenvalue weighted by Crippen LogP contribution is 1.93. The molecule has 0 aliphatic rings. The Bertz CT molecular complexity index is 257. The molecule has 11 heavy (non-hydrogen) atoms. The third-order valence-corrected chi connectivity index (χ3v) is 1.09. The van der Waals surface area contributed by atoms with Gasteiger partial charge in [-0.25, -0.2) is 0 Å². The van der Waals surface area contributed by atoms with Gasteiger partial charge in [0.2, 0.25) is 0 Å². The van der Waals surface area contributed by atoms with Crippen molar-refractivity contribution in [2.75, 3.05) is 0 Å². The van der Waals surface area contributed by atoms with E-state index >= 15 is 0 Å². The number of hydrogen-bond acceptors (Lipinski definition) is 5. The lowest BCUT2D eigenvalue weighted by Gasteiger charge is -1.89. The van der Waals surface area contributed by atoms with Crippen LogP contribution in [0, 0.1) is 0 Å². The van der Waals surface area contributed by atoms with Gasteiger partial charge in [0.15, 0.2) is 0 Å². The number of nitrogens with zero attached hydrogens (tertiary/aromatic N) is 1. The minimum Gasteiger partial charge on any atom is -0.464 e. The fourth-order valence-electron chi connectivity index (χ4n) is 0.633. The molecule has 0 aromatic carbocycles. The zero-order chi connectivity index (χ0) is 8.27. The molecule has 58 valence electrons. The maximum atomic E-state index is 8.56. The summed E-state index contributed by atoms with van der Waals surface area (Å²) < 4.78 is 4.78. The van der Waals surface area contributed by atoms with Gasteiger partial charge in [-0.1, -0.05) is 5.16 Å². The van der Waals surface area contributed by atoms with Crippen LogP contribution >= 0.6 is 0 Å². The Balaban J connectivity index is 2.81. The van der Waals surface area contributed by atoms with E-state index in [1.54, 1.807) is 0 Å². The van der Waals surface area contributed by atoms with Crippen LogP contribution in [-0.4, -0.2) is 28.6 Å². The molecule has 1 rings (SSSR count). The third-order valence-electron chi connectivity index (χ3n) is 1.09. The zero-order valence-electron chi connectivity index (χ0n) is 5.51. The Hall–Kier alpha value is -1.27. The summed E-state index contributed by atoms with van der Waals surface area (Å²) in [7, 11) is -1.63. The van der Waals surface area contributed by atoms with Crippen molar-refractivity contribution < 1.29 is 19.7 Å². The summed E-state index contributed by atoms with van der Waals surface area (Å²) in [4.78, 5) is 0. The summed E-state index contributed by atoms with van der Waals surface area (Å²) in [6.07, 6.45) is 1.05. The van der Waals surface area contributed by atoms with Crippen molar-refractivity contribution in [2.45, 2.75) is 0 Å². The van der Waals surface area contributed by atoms with Gasteiger partial charge in [-0.05, 0) is 12.1 Å². The van der Waals surface area contributed by atoms with Crippen molar-refractivity contribution in [3.8, 4) is 0 Å². The zero-order valence-corrected chi connectivity index (χ0v) is 5.51. The minimum absolute atomic E-state index is 0.0138. The van der Waals surface area contributed by atoms with Gasteiger partial charge in [-0.3, -0.25) is 0 Å². The second kappa shape index (κ2) is 3.22. The van der Waals surface area contributed by atoms with Crippen LogP contribution in [0.15, 0.2) is 21.7 Å². The number of furan rings is 1. The van der Waals surface area contributed by atoms with Crippen LogP contribution in [0.1, 0.15) is 5.76 Å². The first kappa shape index (κ1) is 7.84. The van der Waals surface area contributed by atoms with E-state index in [1.807, 2.05) is 0 Å². The average Bonchev–Trinajstić information content (AvgIpc) is 2.37. The molecule has 0 saturated carbocycles. The van der Waals surface area contributed by atoms with E-state index in [0.29, 0.717) is 0 Å². The Morgan fingerprint density at radius 3 is 2.64 bits per heavy atom. The molecule has 0 aliphatic carbocycles. The Kier molecular flexibility index (Phi) is 2.30. The first-order valence-corrected chi connectivity index (χ1v) is 2.87. The molecular weight excluding hydrogens is 149 g/mol. The predicted molar refractivity (Wildman–Crippen MR) is 37.9 cm³/mol. The molecule has 0 atom stereocenters. The van der Waals surface area contributed by atoms with Gasteiger partial charge in [0.25, 0.3) is 0 Å². The summed E-state index contributed by atoms with van der Waals surface area (Å²) in [5, 5.41) is 27.9. The highest BCUT2D eigenvalue weighted by Gasteiger charge is 2.15. The summed E-state index contributed by atoms with van der Waals surface area (Å²) in [5.41, 5.74) is 0.0138. The van der Waals surface area contributed by atoms with Crippen molar-refractivity contribution >= 4 is 19.0 Å². The van der Waals surface area contributed by atoms with Crippen molar-refractivity contribution in [1.82, 2.24) is 0 Å². The second-order valence-corrected chi connectivity index (χ2v) is 1.86. The molecule has 3 N–H and O–H groups in total. The molecule has 5 nitrogen and oxygen atoms in total. The summed E-state index contributed by atoms with van der Waals surface area (Å²) in [6, 6.07) is 2.83. The third kappa shape index (κ3) is 1.82. The van der Waals surface area contributed by atoms with Crippen LogP contribution < -0.4 is 5.66 Å². The van der Waals surface area contributed by atoms with Crippen LogP contribution in [0.2, 0.25) is 0 Å². The maximum Gasteiger partial charge on any atom is 0.526 e. The predicted octanol–water partition coefficient (Wildman–Crippen LogP) is -1.23. The molecule has 0 saturated heterocycles. The minimum atomic E-state index is -1.63. The van der Waals surface area contributed by atoms with E-state index < -0.39 is 7.12 Å². The van der Waals surface area contributed by atoms with E-state index in [0.717, 1.165) is 6.21 Å².